The number of amides is 2. The van der Waals surface area contributed by atoms with Crippen LogP contribution >= 0.6 is 0 Å². The van der Waals surface area contributed by atoms with Gasteiger partial charge in [0.05, 0.1) is 0 Å². The molecule has 1 atom stereocenters. The Labute approximate surface area is 148 Å². The third-order valence-electron chi connectivity index (χ3n) is 4.00. The molecule has 0 saturated heterocycles. The number of nitrogens with one attached hydrogen (secondary N) is 1. The Kier molecular flexibility index (Phi) is 7.01. The monoisotopic (exact) mass is 340 g/mol. The zero-order valence-electron chi connectivity index (χ0n) is 14.6. The molecule has 0 fully saturated rings. The largest absolute Gasteiger partial charge is 0.484 e. The van der Waals surface area contributed by atoms with Crippen LogP contribution in [0.5, 0.6) is 5.75 Å². The molecule has 0 saturated carbocycles. The normalized spacial score (nSPS) is 11.4. The summed E-state index contributed by atoms with van der Waals surface area (Å²) in [5.41, 5.74) is 1.12. The number of ether oxygens (including phenoxy) is 1. The number of carbonyl (C=O) groups is 2. The average Bonchev–Trinajstić information content (AvgIpc) is 2.67. The molecule has 0 unspecified atom stereocenters. The van der Waals surface area contributed by atoms with E-state index in [0.717, 1.165) is 5.56 Å². The average molecular weight is 340 g/mol. The SMILES string of the molecule is CNC(=O)[C@@H](C)N(CCc1ccccc1)C(=O)COc1ccccc1. The van der Waals surface area contributed by atoms with Gasteiger partial charge in [-0.25, -0.2) is 0 Å². The lowest BCUT2D eigenvalue weighted by Crippen LogP contribution is -2.49. The molecule has 5 nitrogen and oxygen atoms in total. The number of carbonyl (C=O) groups excluding carboxylic acids is 2. The predicted molar refractivity (Wildman–Crippen MR) is 97.3 cm³/mol. The highest BCUT2D eigenvalue weighted by atomic mass is 16.5. The first-order valence-electron chi connectivity index (χ1n) is 8.34. The molecule has 2 aromatic rings. The summed E-state index contributed by atoms with van der Waals surface area (Å²) in [7, 11) is 1.57. The van der Waals surface area contributed by atoms with Gasteiger partial charge >= 0.3 is 0 Å². The van der Waals surface area contributed by atoms with Crippen LogP contribution in [0.3, 0.4) is 0 Å². The number of nitrogens with zero attached hydrogens (tertiary/aromatic N) is 1. The fourth-order valence-electron chi connectivity index (χ4n) is 2.52. The summed E-state index contributed by atoms with van der Waals surface area (Å²) in [6.07, 6.45) is 0.680. The van der Waals surface area contributed by atoms with Crippen molar-refractivity contribution >= 4 is 11.8 Å². The molecule has 0 heterocycles. The van der Waals surface area contributed by atoms with E-state index < -0.39 is 6.04 Å². The summed E-state index contributed by atoms with van der Waals surface area (Å²) in [4.78, 5) is 26.2. The van der Waals surface area contributed by atoms with Gasteiger partial charge in [0.25, 0.3) is 5.91 Å². The number of para-hydroxylation sites is 1. The summed E-state index contributed by atoms with van der Waals surface area (Å²) in [6.45, 7) is 2.08. The maximum absolute atomic E-state index is 12.6. The van der Waals surface area contributed by atoms with Gasteiger partial charge in [-0.1, -0.05) is 48.5 Å². The second-order valence-electron chi connectivity index (χ2n) is 5.71. The summed E-state index contributed by atoms with van der Waals surface area (Å²) < 4.78 is 5.54. The number of rotatable bonds is 8. The van der Waals surface area contributed by atoms with E-state index in [9.17, 15) is 9.59 Å². The Morgan fingerprint density at radius 1 is 1.04 bits per heavy atom. The van der Waals surface area contributed by atoms with Crippen molar-refractivity contribution in [3.63, 3.8) is 0 Å². The Bertz CT molecular complexity index is 674. The van der Waals surface area contributed by atoms with Gasteiger partial charge < -0.3 is 15.0 Å². The quantitative estimate of drug-likeness (QED) is 0.802. The van der Waals surface area contributed by atoms with E-state index in [1.807, 2.05) is 48.5 Å². The van der Waals surface area contributed by atoms with Gasteiger partial charge in [0.1, 0.15) is 11.8 Å². The molecule has 2 rings (SSSR count). The Balaban J connectivity index is 2.01. The lowest BCUT2D eigenvalue weighted by molar-refractivity contribution is -0.141. The Hall–Kier alpha value is -2.82. The van der Waals surface area contributed by atoms with E-state index in [1.54, 1.807) is 31.0 Å². The fourth-order valence-corrected chi connectivity index (χ4v) is 2.52. The first-order valence-corrected chi connectivity index (χ1v) is 8.34. The standard InChI is InChI=1S/C20H24N2O3/c1-16(20(24)21-2)22(14-13-17-9-5-3-6-10-17)19(23)15-25-18-11-7-4-8-12-18/h3-12,16H,13-15H2,1-2H3,(H,21,24)/t16-/m1/s1. The molecule has 5 heteroatoms. The number of likely N-dealkylation sites (N-methyl/N-ethyl adjacent to an activating group) is 1. The minimum Gasteiger partial charge on any atom is -0.484 e. The third-order valence-corrected chi connectivity index (χ3v) is 4.00. The zero-order chi connectivity index (χ0) is 18.1. The second-order valence-corrected chi connectivity index (χ2v) is 5.71. The summed E-state index contributed by atoms with van der Waals surface area (Å²) in [5, 5.41) is 2.60. The number of hydrogen-bond donors (Lipinski definition) is 1. The molecule has 2 aromatic carbocycles. The van der Waals surface area contributed by atoms with Crippen molar-refractivity contribution in [2.24, 2.45) is 0 Å². The molecule has 0 aliphatic carbocycles. The summed E-state index contributed by atoms with van der Waals surface area (Å²) in [5.74, 6) is 0.225. The van der Waals surface area contributed by atoms with Crippen molar-refractivity contribution in [1.82, 2.24) is 10.2 Å². The first kappa shape index (κ1) is 18.5. The summed E-state index contributed by atoms with van der Waals surface area (Å²) in [6, 6.07) is 18.5. The van der Waals surface area contributed by atoms with E-state index in [1.165, 1.54) is 0 Å². The number of hydrogen-bond acceptors (Lipinski definition) is 3. The van der Waals surface area contributed by atoms with E-state index in [0.29, 0.717) is 18.7 Å². The highest BCUT2D eigenvalue weighted by Crippen LogP contribution is 2.10. The maximum Gasteiger partial charge on any atom is 0.261 e. The fraction of sp³-hybridized carbons (Fsp3) is 0.300. The minimum absolute atomic E-state index is 0.0971. The highest BCUT2D eigenvalue weighted by molar-refractivity contribution is 5.87. The van der Waals surface area contributed by atoms with Gasteiger partial charge in [-0.2, -0.15) is 0 Å². The molecular weight excluding hydrogens is 316 g/mol. The van der Waals surface area contributed by atoms with Gasteiger partial charge in [0.2, 0.25) is 5.91 Å². The smallest absolute Gasteiger partial charge is 0.261 e. The van der Waals surface area contributed by atoms with Crippen LogP contribution in [0.15, 0.2) is 60.7 Å². The van der Waals surface area contributed by atoms with Gasteiger partial charge in [0, 0.05) is 13.6 Å². The molecule has 0 radical (unpaired) electrons. The third kappa shape index (κ3) is 5.64. The molecule has 0 bridgehead atoms. The lowest BCUT2D eigenvalue weighted by Gasteiger charge is -2.28. The van der Waals surface area contributed by atoms with Crippen LogP contribution in [0.25, 0.3) is 0 Å². The molecule has 0 aromatic heterocycles. The maximum atomic E-state index is 12.6. The van der Waals surface area contributed by atoms with Crippen LogP contribution in [-0.4, -0.2) is 43.0 Å². The topological polar surface area (TPSA) is 58.6 Å². The molecule has 0 spiro atoms. The van der Waals surface area contributed by atoms with Gasteiger partial charge in [-0.15, -0.1) is 0 Å². The van der Waals surface area contributed by atoms with Crippen molar-refractivity contribution in [3.8, 4) is 5.75 Å². The number of benzene rings is 2. The van der Waals surface area contributed by atoms with Crippen molar-refractivity contribution < 1.29 is 14.3 Å². The van der Waals surface area contributed by atoms with Crippen molar-refractivity contribution in [1.29, 1.82) is 0 Å². The minimum atomic E-state index is -0.555. The Morgan fingerprint density at radius 2 is 1.64 bits per heavy atom. The first-order chi connectivity index (χ1) is 12.1. The molecular formula is C20H24N2O3. The zero-order valence-corrected chi connectivity index (χ0v) is 14.6. The second kappa shape index (κ2) is 9.47. The van der Waals surface area contributed by atoms with Gasteiger partial charge in [-0.05, 0) is 31.0 Å². The highest BCUT2D eigenvalue weighted by Gasteiger charge is 2.25. The predicted octanol–water partition coefficient (Wildman–Crippen LogP) is 2.27. The van der Waals surface area contributed by atoms with Crippen LogP contribution in [0.4, 0.5) is 0 Å². The molecule has 0 aliphatic heterocycles. The van der Waals surface area contributed by atoms with Gasteiger partial charge in [0.15, 0.2) is 6.61 Å². The molecule has 0 aliphatic rings. The van der Waals surface area contributed by atoms with Crippen LogP contribution in [0.1, 0.15) is 12.5 Å². The summed E-state index contributed by atoms with van der Waals surface area (Å²) >= 11 is 0. The Morgan fingerprint density at radius 3 is 2.24 bits per heavy atom. The van der Waals surface area contributed by atoms with E-state index >= 15 is 0 Å². The van der Waals surface area contributed by atoms with E-state index in [2.05, 4.69) is 5.32 Å². The van der Waals surface area contributed by atoms with Crippen molar-refractivity contribution in [2.45, 2.75) is 19.4 Å². The van der Waals surface area contributed by atoms with Crippen LogP contribution < -0.4 is 10.1 Å². The molecule has 25 heavy (non-hydrogen) atoms. The van der Waals surface area contributed by atoms with Crippen molar-refractivity contribution in [3.05, 3.63) is 66.2 Å². The molecule has 1 N–H and O–H groups in total. The van der Waals surface area contributed by atoms with E-state index in [4.69, 9.17) is 4.74 Å². The van der Waals surface area contributed by atoms with Crippen LogP contribution in [-0.2, 0) is 16.0 Å². The lowest BCUT2D eigenvalue weighted by atomic mass is 10.1. The van der Waals surface area contributed by atoms with Crippen molar-refractivity contribution in [2.75, 3.05) is 20.2 Å². The van der Waals surface area contributed by atoms with Crippen LogP contribution in [0, 0.1) is 0 Å². The molecule has 2 amide bonds. The van der Waals surface area contributed by atoms with Gasteiger partial charge in [-0.3, -0.25) is 9.59 Å². The van der Waals surface area contributed by atoms with Crippen LogP contribution in [0.2, 0.25) is 0 Å². The molecule has 132 valence electrons. The van der Waals surface area contributed by atoms with E-state index in [-0.39, 0.29) is 18.4 Å².